The van der Waals surface area contributed by atoms with Crippen LogP contribution in [0.15, 0.2) is 23.1 Å². The molecular weight excluding hydrogens is 267 g/mol. The van der Waals surface area contributed by atoms with Crippen LogP contribution in [0.4, 0.5) is 13.2 Å². The van der Waals surface area contributed by atoms with Crippen molar-refractivity contribution in [3.8, 4) is 0 Å². The molecule has 1 aromatic rings. The quantitative estimate of drug-likeness (QED) is 0.831. The lowest BCUT2D eigenvalue weighted by Crippen LogP contribution is -2.40. The summed E-state index contributed by atoms with van der Waals surface area (Å²) in [6.45, 7) is -0.0386. The Kier molecular flexibility index (Phi) is 3.63. The third-order valence-electron chi connectivity index (χ3n) is 2.86. The van der Waals surface area contributed by atoms with Gasteiger partial charge in [-0.1, -0.05) is 0 Å². The minimum Gasteiger partial charge on any atom is -0.246 e. The largest absolute Gasteiger partial charge is 0.246 e. The number of sulfonamides is 1. The van der Waals surface area contributed by atoms with Gasteiger partial charge < -0.3 is 0 Å². The Morgan fingerprint density at radius 2 is 1.94 bits per heavy atom. The van der Waals surface area contributed by atoms with Gasteiger partial charge in [-0.2, -0.15) is 4.31 Å². The number of nitrogens with zero attached hydrogens (tertiary/aromatic N) is 1. The monoisotopic (exact) mass is 279 g/mol. The van der Waals surface area contributed by atoms with E-state index in [9.17, 15) is 21.6 Å². The standard InChI is InChI=1S/C11H12F3NO2S/c12-8-2-1-5-15(7-8)18(16,17)9-3-4-10(13)11(14)6-9/h3-4,6,8H,1-2,5,7H2. The maximum atomic E-state index is 13.2. The maximum absolute atomic E-state index is 13.2. The van der Waals surface area contributed by atoms with Gasteiger partial charge in [0.25, 0.3) is 0 Å². The molecule has 0 amide bonds. The third kappa shape index (κ3) is 2.51. The van der Waals surface area contributed by atoms with Crippen molar-refractivity contribution in [1.82, 2.24) is 4.31 Å². The van der Waals surface area contributed by atoms with Gasteiger partial charge in [0.2, 0.25) is 10.0 Å². The highest BCUT2D eigenvalue weighted by Gasteiger charge is 2.30. The average molecular weight is 279 g/mol. The summed E-state index contributed by atoms with van der Waals surface area (Å²) < 4.78 is 64.1. The number of halogens is 3. The zero-order valence-electron chi connectivity index (χ0n) is 9.44. The number of benzene rings is 1. The molecule has 0 saturated carbocycles. The second-order valence-electron chi connectivity index (χ2n) is 4.18. The van der Waals surface area contributed by atoms with Crippen LogP contribution in [0.1, 0.15) is 12.8 Å². The summed E-state index contributed by atoms with van der Waals surface area (Å²) in [5, 5.41) is 0. The van der Waals surface area contributed by atoms with Crippen molar-refractivity contribution in [2.24, 2.45) is 0 Å². The number of piperidine rings is 1. The van der Waals surface area contributed by atoms with E-state index in [4.69, 9.17) is 0 Å². The summed E-state index contributed by atoms with van der Waals surface area (Å²) in [4.78, 5) is -0.351. The normalized spacial score (nSPS) is 22.1. The van der Waals surface area contributed by atoms with Crippen LogP contribution in [-0.4, -0.2) is 32.0 Å². The molecule has 1 saturated heterocycles. The van der Waals surface area contributed by atoms with Crippen LogP contribution in [0, 0.1) is 11.6 Å². The highest BCUT2D eigenvalue weighted by molar-refractivity contribution is 7.89. The molecule has 0 aromatic heterocycles. The van der Waals surface area contributed by atoms with Crippen LogP contribution in [0.25, 0.3) is 0 Å². The summed E-state index contributed by atoms with van der Waals surface area (Å²) in [5.74, 6) is -2.35. The summed E-state index contributed by atoms with van der Waals surface area (Å²) in [6, 6.07) is 2.35. The Morgan fingerprint density at radius 1 is 1.22 bits per heavy atom. The summed E-state index contributed by atoms with van der Waals surface area (Å²) >= 11 is 0. The van der Waals surface area contributed by atoms with E-state index in [0.29, 0.717) is 18.9 Å². The van der Waals surface area contributed by atoms with Gasteiger partial charge in [-0.25, -0.2) is 21.6 Å². The van der Waals surface area contributed by atoms with Crippen LogP contribution in [-0.2, 0) is 10.0 Å². The lowest BCUT2D eigenvalue weighted by Gasteiger charge is -2.28. The summed E-state index contributed by atoms with van der Waals surface area (Å²) in [5.41, 5.74) is 0. The van der Waals surface area contributed by atoms with Crippen LogP contribution >= 0.6 is 0 Å². The van der Waals surface area contributed by atoms with Gasteiger partial charge >= 0.3 is 0 Å². The molecule has 0 N–H and O–H groups in total. The predicted molar refractivity (Wildman–Crippen MR) is 59.2 cm³/mol. The SMILES string of the molecule is O=S(=O)(c1ccc(F)c(F)c1)N1CCCC(F)C1. The van der Waals surface area contributed by atoms with E-state index in [1.165, 1.54) is 0 Å². The van der Waals surface area contributed by atoms with Gasteiger partial charge in [0.05, 0.1) is 4.90 Å². The lowest BCUT2D eigenvalue weighted by atomic mass is 10.1. The number of hydrogen-bond donors (Lipinski definition) is 0. The molecule has 1 unspecified atom stereocenters. The molecule has 1 heterocycles. The lowest BCUT2D eigenvalue weighted by molar-refractivity contribution is 0.203. The molecule has 1 fully saturated rings. The van der Waals surface area contributed by atoms with Crippen molar-refractivity contribution in [3.05, 3.63) is 29.8 Å². The van der Waals surface area contributed by atoms with Crippen LogP contribution in [0.2, 0.25) is 0 Å². The molecule has 0 spiro atoms. The van der Waals surface area contributed by atoms with Crippen molar-refractivity contribution in [2.45, 2.75) is 23.9 Å². The minimum absolute atomic E-state index is 0.196. The first-order valence-electron chi connectivity index (χ1n) is 5.50. The maximum Gasteiger partial charge on any atom is 0.243 e. The predicted octanol–water partition coefficient (Wildman–Crippen LogP) is 2.09. The Morgan fingerprint density at radius 3 is 2.56 bits per heavy atom. The highest BCUT2D eigenvalue weighted by atomic mass is 32.2. The van der Waals surface area contributed by atoms with E-state index in [1.807, 2.05) is 0 Å². The van der Waals surface area contributed by atoms with E-state index in [2.05, 4.69) is 0 Å². The Bertz CT molecular complexity index is 547. The van der Waals surface area contributed by atoms with E-state index in [0.717, 1.165) is 16.4 Å². The Balaban J connectivity index is 2.32. The molecular formula is C11H12F3NO2S. The van der Waals surface area contributed by atoms with Crippen LogP contribution in [0.3, 0.4) is 0 Å². The average Bonchev–Trinajstić information content (AvgIpc) is 2.32. The molecule has 0 radical (unpaired) electrons. The van der Waals surface area contributed by atoms with E-state index >= 15 is 0 Å². The van der Waals surface area contributed by atoms with Gasteiger partial charge in [-0.3, -0.25) is 0 Å². The van der Waals surface area contributed by atoms with Gasteiger partial charge in [-0.05, 0) is 31.0 Å². The number of hydrogen-bond acceptors (Lipinski definition) is 2. The molecule has 0 aliphatic carbocycles. The second kappa shape index (κ2) is 4.89. The first-order valence-corrected chi connectivity index (χ1v) is 6.94. The first-order chi connectivity index (χ1) is 8.41. The smallest absolute Gasteiger partial charge is 0.243 e. The fraction of sp³-hybridized carbons (Fsp3) is 0.455. The van der Waals surface area contributed by atoms with Crippen molar-refractivity contribution in [1.29, 1.82) is 0 Å². The number of rotatable bonds is 2. The molecule has 1 aromatic carbocycles. The van der Waals surface area contributed by atoms with Gasteiger partial charge in [0, 0.05) is 13.1 Å². The van der Waals surface area contributed by atoms with Gasteiger partial charge in [0.1, 0.15) is 6.17 Å². The van der Waals surface area contributed by atoms with Gasteiger partial charge in [0.15, 0.2) is 11.6 Å². The topological polar surface area (TPSA) is 37.4 Å². The minimum atomic E-state index is -3.95. The molecule has 1 aliphatic rings. The van der Waals surface area contributed by atoms with Crippen molar-refractivity contribution >= 4 is 10.0 Å². The summed E-state index contributed by atoms with van der Waals surface area (Å²) in [6.07, 6.45) is -0.466. The van der Waals surface area contributed by atoms with E-state index in [1.54, 1.807) is 0 Å². The molecule has 1 atom stereocenters. The fourth-order valence-electron chi connectivity index (χ4n) is 1.90. The Labute approximate surface area is 103 Å². The molecule has 1 aliphatic heterocycles. The van der Waals surface area contributed by atoms with Crippen molar-refractivity contribution < 1.29 is 21.6 Å². The van der Waals surface area contributed by atoms with Crippen LogP contribution in [0.5, 0.6) is 0 Å². The number of alkyl halides is 1. The zero-order valence-corrected chi connectivity index (χ0v) is 10.3. The van der Waals surface area contributed by atoms with Crippen LogP contribution < -0.4 is 0 Å². The Hall–Kier alpha value is -1.08. The summed E-state index contributed by atoms with van der Waals surface area (Å²) in [7, 11) is -3.95. The highest BCUT2D eigenvalue weighted by Crippen LogP contribution is 2.23. The molecule has 0 bridgehead atoms. The molecule has 100 valence electrons. The molecule has 18 heavy (non-hydrogen) atoms. The molecule has 3 nitrogen and oxygen atoms in total. The van der Waals surface area contributed by atoms with E-state index in [-0.39, 0.29) is 18.0 Å². The third-order valence-corrected chi connectivity index (χ3v) is 4.72. The second-order valence-corrected chi connectivity index (χ2v) is 6.12. The van der Waals surface area contributed by atoms with E-state index < -0.39 is 27.8 Å². The first kappa shape index (κ1) is 13.4. The fourth-order valence-corrected chi connectivity index (χ4v) is 3.42. The molecule has 7 heteroatoms. The van der Waals surface area contributed by atoms with Crippen molar-refractivity contribution in [2.75, 3.05) is 13.1 Å². The van der Waals surface area contributed by atoms with Crippen molar-refractivity contribution in [3.63, 3.8) is 0 Å². The van der Waals surface area contributed by atoms with Gasteiger partial charge in [-0.15, -0.1) is 0 Å². The zero-order chi connectivity index (χ0) is 13.3. The molecule has 2 rings (SSSR count).